The molecule has 1 amide bonds. The summed E-state index contributed by atoms with van der Waals surface area (Å²) in [6.45, 7) is 2.09. The van der Waals surface area contributed by atoms with E-state index < -0.39 is 0 Å². The maximum absolute atomic E-state index is 12.1. The maximum atomic E-state index is 12.1. The Kier molecular flexibility index (Phi) is 3.62. The first-order valence-electron chi connectivity index (χ1n) is 6.26. The van der Waals surface area contributed by atoms with Gasteiger partial charge in [-0.25, -0.2) is 0 Å². The average Bonchev–Trinajstić information content (AvgIpc) is 2.82. The van der Waals surface area contributed by atoms with E-state index in [1.54, 1.807) is 0 Å². The summed E-state index contributed by atoms with van der Waals surface area (Å²) in [5, 5.41) is 3.37. The summed E-state index contributed by atoms with van der Waals surface area (Å²) in [6, 6.07) is 0.437. The lowest BCUT2D eigenvalue weighted by atomic mass is 10.0. The van der Waals surface area contributed by atoms with E-state index in [4.69, 9.17) is 0 Å². The Morgan fingerprint density at radius 3 is 2.53 bits per heavy atom. The molecule has 1 saturated carbocycles. The van der Waals surface area contributed by atoms with Crippen LogP contribution in [0.1, 0.15) is 38.5 Å². The van der Waals surface area contributed by atoms with Gasteiger partial charge in [-0.15, -0.1) is 0 Å². The third kappa shape index (κ3) is 2.51. The molecule has 0 bridgehead atoms. The third-order valence-corrected chi connectivity index (χ3v) is 3.87. The molecule has 1 aliphatic carbocycles. The lowest BCUT2D eigenvalue weighted by Crippen LogP contribution is -2.48. The molecule has 2 aliphatic rings. The van der Waals surface area contributed by atoms with Crippen molar-refractivity contribution in [2.75, 3.05) is 20.1 Å². The van der Waals surface area contributed by atoms with Crippen LogP contribution in [0.2, 0.25) is 0 Å². The predicted octanol–water partition coefficient (Wildman–Crippen LogP) is 1.39. The van der Waals surface area contributed by atoms with Crippen molar-refractivity contribution in [2.24, 2.45) is 5.92 Å². The van der Waals surface area contributed by atoms with Gasteiger partial charge in [0.15, 0.2) is 0 Å². The number of carbonyl (C=O) groups is 1. The summed E-state index contributed by atoms with van der Waals surface area (Å²) in [5.74, 6) is 0.720. The predicted molar refractivity (Wildman–Crippen MR) is 60.6 cm³/mol. The van der Waals surface area contributed by atoms with E-state index in [1.807, 2.05) is 11.9 Å². The number of amides is 1. The Morgan fingerprint density at radius 2 is 1.93 bits per heavy atom. The summed E-state index contributed by atoms with van der Waals surface area (Å²) in [7, 11) is 1.98. The fourth-order valence-corrected chi connectivity index (χ4v) is 2.80. The fourth-order valence-electron chi connectivity index (χ4n) is 2.80. The Bertz CT molecular complexity index is 218. The summed E-state index contributed by atoms with van der Waals surface area (Å²) in [6.07, 6.45) is 7.09. The highest BCUT2D eigenvalue weighted by Crippen LogP contribution is 2.27. The minimum absolute atomic E-state index is 0.330. The topological polar surface area (TPSA) is 32.3 Å². The number of nitrogens with one attached hydrogen (secondary N) is 1. The number of carbonyl (C=O) groups excluding carboxylic acids is 1. The zero-order valence-corrected chi connectivity index (χ0v) is 9.67. The van der Waals surface area contributed by atoms with Crippen LogP contribution in [0.5, 0.6) is 0 Å². The average molecular weight is 210 g/mol. The van der Waals surface area contributed by atoms with E-state index in [0.717, 1.165) is 25.9 Å². The van der Waals surface area contributed by atoms with Crippen molar-refractivity contribution >= 4 is 5.91 Å². The second-order valence-electron chi connectivity index (χ2n) is 4.93. The maximum Gasteiger partial charge on any atom is 0.225 e. The Morgan fingerprint density at radius 1 is 1.20 bits per heavy atom. The van der Waals surface area contributed by atoms with Gasteiger partial charge in [0, 0.05) is 25.6 Å². The molecule has 0 aromatic rings. The Balaban J connectivity index is 1.87. The van der Waals surface area contributed by atoms with E-state index in [0.29, 0.717) is 17.9 Å². The van der Waals surface area contributed by atoms with Crippen LogP contribution < -0.4 is 5.32 Å². The van der Waals surface area contributed by atoms with Crippen molar-refractivity contribution in [3.63, 3.8) is 0 Å². The van der Waals surface area contributed by atoms with Crippen molar-refractivity contribution in [3.8, 4) is 0 Å². The van der Waals surface area contributed by atoms with Gasteiger partial charge in [0.2, 0.25) is 5.91 Å². The van der Waals surface area contributed by atoms with E-state index in [-0.39, 0.29) is 0 Å². The van der Waals surface area contributed by atoms with Gasteiger partial charge in [-0.05, 0) is 32.2 Å². The lowest BCUT2D eigenvalue weighted by Gasteiger charge is -2.33. The summed E-state index contributed by atoms with van der Waals surface area (Å²) in [4.78, 5) is 14.1. The molecule has 3 nitrogen and oxygen atoms in total. The van der Waals surface area contributed by atoms with Crippen LogP contribution in [-0.4, -0.2) is 37.0 Å². The highest BCUT2D eigenvalue weighted by molar-refractivity contribution is 5.79. The molecule has 1 N–H and O–H groups in total. The molecule has 1 unspecified atom stereocenters. The van der Waals surface area contributed by atoms with E-state index in [9.17, 15) is 4.79 Å². The first-order chi connectivity index (χ1) is 7.29. The molecule has 1 saturated heterocycles. The van der Waals surface area contributed by atoms with Crippen LogP contribution in [-0.2, 0) is 4.79 Å². The summed E-state index contributed by atoms with van der Waals surface area (Å²) in [5.41, 5.74) is 0. The zero-order chi connectivity index (χ0) is 10.7. The molecular formula is C12H22N2O. The van der Waals surface area contributed by atoms with Gasteiger partial charge < -0.3 is 10.2 Å². The van der Waals surface area contributed by atoms with Gasteiger partial charge in [0.05, 0.1) is 0 Å². The normalized spacial score (nSPS) is 27.9. The first kappa shape index (κ1) is 10.9. The molecule has 0 aromatic carbocycles. The number of hydrogen-bond donors (Lipinski definition) is 1. The first-order valence-corrected chi connectivity index (χ1v) is 6.26. The molecule has 0 spiro atoms. The van der Waals surface area contributed by atoms with Gasteiger partial charge in [-0.2, -0.15) is 0 Å². The van der Waals surface area contributed by atoms with Crippen LogP contribution in [0.3, 0.4) is 0 Å². The van der Waals surface area contributed by atoms with Crippen LogP contribution in [0.15, 0.2) is 0 Å². The molecule has 3 heteroatoms. The molecule has 1 aliphatic heterocycles. The van der Waals surface area contributed by atoms with E-state index in [1.165, 1.54) is 25.7 Å². The van der Waals surface area contributed by atoms with Gasteiger partial charge in [0.1, 0.15) is 0 Å². The number of likely N-dealkylation sites (N-methyl/N-ethyl adjacent to an activating group) is 1. The summed E-state index contributed by atoms with van der Waals surface area (Å²) < 4.78 is 0. The van der Waals surface area contributed by atoms with Crippen LogP contribution in [0.25, 0.3) is 0 Å². The largest absolute Gasteiger partial charge is 0.341 e. The van der Waals surface area contributed by atoms with Crippen molar-refractivity contribution in [3.05, 3.63) is 0 Å². The van der Waals surface area contributed by atoms with Crippen LogP contribution in [0, 0.1) is 5.92 Å². The molecule has 0 aromatic heterocycles. The number of hydrogen-bond acceptors (Lipinski definition) is 2. The SMILES string of the molecule is CN(C(=O)C1CCCC1)C1CCCNC1. The quantitative estimate of drug-likeness (QED) is 0.747. The molecule has 0 radical (unpaired) electrons. The fraction of sp³-hybridized carbons (Fsp3) is 0.917. The minimum Gasteiger partial charge on any atom is -0.341 e. The highest BCUT2D eigenvalue weighted by atomic mass is 16.2. The van der Waals surface area contributed by atoms with Crippen molar-refractivity contribution in [2.45, 2.75) is 44.6 Å². The minimum atomic E-state index is 0.330. The van der Waals surface area contributed by atoms with Crippen molar-refractivity contribution in [1.82, 2.24) is 10.2 Å². The third-order valence-electron chi connectivity index (χ3n) is 3.87. The Labute approximate surface area is 92.2 Å². The standard InChI is InChI=1S/C12H22N2O/c1-14(11-7-4-8-13-9-11)12(15)10-5-2-3-6-10/h10-11,13H,2-9H2,1H3. The van der Waals surface area contributed by atoms with Gasteiger partial charge in [-0.3, -0.25) is 4.79 Å². The summed E-state index contributed by atoms with van der Waals surface area (Å²) >= 11 is 0. The van der Waals surface area contributed by atoms with Crippen LogP contribution >= 0.6 is 0 Å². The zero-order valence-electron chi connectivity index (χ0n) is 9.67. The number of piperidine rings is 1. The number of rotatable bonds is 2. The second-order valence-corrected chi connectivity index (χ2v) is 4.93. The molecule has 2 rings (SSSR count). The molecule has 1 heterocycles. The highest BCUT2D eigenvalue weighted by Gasteiger charge is 2.29. The lowest BCUT2D eigenvalue weighted by molar-refractivity contribution is -0.136. The van der Waals surface area contributed by atoms with Crippen molar-refractivity contribution < 1.29 is 4.79 Å². The monoisotopic (exact) mass is 210 g/mol. The van der Waals surface area contributed by atoms with Gasteiger partial charge in [0.25, 0.3) is 0 Å². The molecular weight excluding hydrogens is 188 g/mol. The van der Waals surface area contributed by atoms with Gasteiger partial charge in [-0.1, -0.05) is 12.8 Å². The smallest absolute Gasteiger partial charge is 0.225 e. The number of nitrogens with zero attached hydrogens (tertiary/aromatic N) is 1. The van der Waals surface area contributed by atoms with Crippen LogP contribution in [0.4, 0.5) is 0 Å². The Hall–Kier alpha value is -0.570. The molecule has 2 fully saturated rings. The van der Waals surface area contributed by atoms with Gasteiger partial charge >= 0.3 is 0 Å². The molecule has 15 heavy (non-hydrogen) atoms. The molecule has 1 atom stereocenters. The second kappa shape index (κ2) is 4.97. The molecule has 86 valence electrons. The van der Waals surface area contributed by atoms with E-state index in [2.05, 4.69) is 5.32 Å². The van der Waals surface area contributed by atoms with Crippen molar-refractivity contribution in [1.29, 1.82) is 0 Å². The van der Waals surface area contributed by atoms with E-state index >= 15 is 0 Å².